The smallest absolute Gasteiger partial charge is 0.341 e. The van der Waals surface area contributed by atoms with Gasteiger partial charge in [-0.25, -0.2) is 9.48 Å². The van der Waals surface area contributed by atoms with Crippen molar-refractivity contribution in [3.8, 4) is 5.69 Å². The minimum Gasteiger partial charge on any atom is -0.465 e. The summed E-state index contributed by atoms with van der Waals surface area (Å²) in [6.07, 6.45) is 17.1. The van der Waals surface area contributed by atoms with Crippen molar-refractivity contribution in [2.24, 2.45) is 18.9 Å². The quantitative estimate of drug-likeness (QED) is 0.361. The van der Waals surface area contributed by atoms with Crippen LogP contribution in [0, 0.1) is 11.8 Å². The van der Waals surface area contributed by atoms with Crippen molar-refractivity contribution in [3.63, 3.8) is 0 Å². The fourth-order valence-corrected chi connectivity index (χ4v) is 6.85. The summed E-state index contributed by atoms with van der Waals surface area (Å²) in [6.45, 7) is 2.23. The highest BCUT2D eigenvalue weighted by atomic mass is 16.5. The van der Waals surface area contributed by atoms with E-state index < -0.39 is 0 Å². The van der Waals surface area contributed by atoms with Gasteiger partial charge in [-0.15, -0.1) is 5.10 Å². The summed E-state index contributed by atoms with van der Waals surface area (Å²) in [4.78, 5) is 15.2. The number of benzene rings is 1. The standard InChI is InChI=1S/C30H40N6O2/c1-34-20-28(32-33-34)25-17-26(25)29-27(30(37)38-2)18-31-36(29)24-12-6-11-23(16-24)35-15-7-10-22(19-35)14-13-21-8-4-3-5-9-21/h6,11-12,16,18,20-22,25-26H,3-5,7-10,13-15,17,19H2,1-2H3/t22-,25+,26+/m0/s1. The van der Waals surface area contributed by atoms with Crippen LogP contribution in [0.1, 0.15) is 97.8 Å². The minimum absolute atomic E-state index is 0.158. The third-order valence-corrected chi connectivity index (χ3v) is 9.02. The number of anilines is 1. The summed E-state index contributed by atoms with van der Waals surface area (Å²) in [6, 6.07) is 8.66. The molecule has 0 spiro atoms. The molecule has 38 heavy (non-hydrogen) atoms. The second kappa shape index (κ2) is 10.9. The van der Waals surface area contributed by atoms with E-state index in [4.69, 9.17) is 4.74 Å². The Bertz CT molecular complexity index is 1260. The molecule has 1 aromatic carbocycles. The fraction of sp³-hybridized carbons (Fsp3) is 0.600. The number of esters is 1. The highest BCUT2D eigenvalue weighted by molar-refractivity contribution is 5.91. The number of piperidine rings is 1. The summed E-state index contributed by atoms with van der Waals surface area (Å²) in [5, 5.41) is 13.1. The van der Waals surface area contributed by atoms with Crippen LogP contribution in [0.15, 0.2) is 36.7 Å². The van der Waals surface area contributed by atoms with Crippen molar-refractivity contribution < 1.29 is 9.53 Å². The second-order valence-corrected chi connectivity index (χ2v) is 11.7. The molecule has 3 heterocycles. The van der Waals surface area contributed by atoms with E-state index in [0.717, 1.165) is 48.4 Å². The number of aryl methyl sites for hydroxylation is 1. The van der Waals surface area contributed by atoms with E-state index in [1.54, 1.807) is 10.9 Å². The molecule has 0 N–H and O–H groups in total. The molecule has 2 aromatic heterocycles. The number of hydrogen-bond donors (Lipinski definition) is 0. The predicted molar refractivity (Wildman–Crippen MR) is 147 cm³/mol. The lowest BCUT2D eigenvalue weighted by molar-refractivity contribution is 0.0599. The van der Waals surface area contributed by atoms with Crippen LogP contribution in [-0.4, -0.2) is 50.9 Å². The molecular weight excluding hydrogens is 476 g/mol. The van der Waals surface area contributed by atoms with Gasteiger partial charge in [0.15, 0.2) is 0 Å². The molecular formula is C30H40N6O2. The first kappa shape index (κ1) is 25.1. The highest BCUT2D eigenvalue weighted by Gasteiger charge is 2.46. The molecule has 0 amide bonds. The number of carbonyl (C=O) groups excluding carboxylic acids is 1. The Labute approximate surface area is 225 Å². The monoisotopic (exact) mass is 516 g/mol. The van der Waals surface area contributed by atoms with Crippen LogP contribution < -0.4 is 4.90 Å². The van der Waals surface area contributed by atoms with Crippen molar-refractivity contribution in [1.29, 1.82) is 0 Å². The number of hydrogen-bond acceptors (Lipinski definition) is 6. The average molecular weight is 517 g/mol. The molecule has 8 nitrogen and oxygen atoms in total. The molecule has 1 aliphatic heterocycles. The summed E-state index contributed by atoms with van der Waals surface area (Å²) in [5.41, 5.74) is 4.64. The number of methoxy groups -OCH3 is 1. The summed E-state index contributed by atoms with van der Waals surface area (Å²) >= 11 is 0. The van der Waals surface area contributed by atoms with Gasteiger partial charge in [-0.1, -0.05) is 49.8 Å². The first-order valence-corrected chi connectivity index (χ1v) is 14.5. The molecule has 8 heteroatoms. The third kappa shape index (κ3) is 5.22. The van der Waals surface area contributed by atoms with E-state index in [1.807, 2.05) is 17.9 Å². The number of carbonyl (C=O) groups is 1. The first-order valence-electron chi connectivity index (χ1n) is 14.5. The van der Waals surface area contributed by atoms with Gasteiger partial charge in [0, 0.05) is 43.9 Å². The average Bonchev–Trinajstić information content (AvgIpc) is 3.41. The zero-order chi connectivity index (χ0) is 26.1. The number of nitrogens with zero attached hydrogens (tertiary/aromatic N) is 6. The zero-order valence-corrected chi connectivity index (χ0v) is 22.8. The van der Waals surface area contributed by atoms with Crippen LogP contribution in [0.3, 0.4) is 0 Å². The van der Waals surface area contributed by atoms with E-state index in [2.05, 4.69) is 44.6 Å². The van der Waals surface area contributed by atoms with E-state index in [0.29, 0.717) is 5.56 Å². The highest BCUT2D eigenvalue weighted by Crippen LogP contribution is 2.55. The Kier molecular flexibility index (Phi) is 7.22. The van der Waals surface area contributed by atoms with Crippen LogP contribution in [0.5, 0.6) is 0 Å². The predicted octanol–water partition coefficient (Wildman–Crippen LogP) is 5.64. The molecule has 2 saturated carbocycles. The van der Waals surface area contributed by atoms with Gasteiger partial charge in [0.25, 0.3) is 0 Å². The normalized spacial score (nSPS) is 23.9. The largest absolute Gasteiger partial charge is 0.465 e. The molecule has 6 rings (SSSR count). The molecule has 3 aromatic rings. The van der Waals surface area contributed by atoms with Crippen LogP contribution >= 0.6 is 0 Å². The topological polar surface area (TPSA) is 78.1 Å². The van der Waals surface area contributed by atoms with Crippen molar-refractivity contribution in [2.45, 2.75) is 76.0 Å². The zero-order valence-electron chi connectivity index (χ0n) is 22.8. The molecule has 202 valence electrons. The van der Waals surface area contributed by atoms with Gasteiger partial charge in [-0.05, 0) is 55.7 Å². The van der Waals surface area contributed by atoms with Gasteiger partial charge >= 0.3 is 5.97 Å². The summed E-state index contributed by atoms with van der Waals surface area (Å²) in [7, 11) is 3.31. The van der Waals surface area contributed by atoms with Gasteiger partial charge in [-0.2, -0.15) is 5.10 Å². The van der Waals surface area contributed by atoms with Crippen molar-refractivity contribution in [3.05, 3.63) is 53.6 Å². The number of ether oxygens (including phenoxy) is 1. The maximum atomic E-state index is 12.7. The maximum absolute atomic E-state index is 12.7. The van der Waals surface area contributed by atoms with Crippen LogP contribution in [0.2, 0.25) is 0 Å². The number of rotatable bonds is 8. The lowest BCUT2D eigenvalue weighted by atomic mass is 9.82. The van der Waals surface area contributed by atoms with Crippen LogP contribution in [0.25, 0.3) is 5.69 Å². The maximum Gasteiger partial charge on any atom is 0.341 e. The Morgan fingerprint density at radius 3 is 2.61 bits per heavy atom. The SMILES string of the molecule is COC(=O)c1cnn(-c2cccc(N3CCC[C@@H](CCC4CCCCC4)C3)c2)c1[C@@H]1C[C@H]1c1cn(C)nn1. The lowest BCUT2D eigenvalue weighted by Gasteiger charge is -2.35. The fourth-order valence-electron chi connectivity index (χ4n) is 6.85. The van der Waals surface area contributed by atoms with Crippen molar-refractivity contribution in [2.75, 3.05) is 25.1 Å². The minimum atomic E-state index is -0.343. The van der Waals surface area contributed by atoms with E-state index in [1.165, 1.54) is 70.6 Å². The Morgan fingerprint density at radius 1 is 1.03 bits per heavy atom. The molecule has 0 radical (unpaired) electrons. The van der Waals surface area contributed by atoms with Gasteiger partial charge in [0.2, 0.25) is 0 Å². The van der Waals surface area contributed by atoms with E-state index in [9.17, 15) is 4.79 Å². The molecule has 0 unspecified atom stereocenters. The first-order chi connectivity index (χ1) is 18.6. The van der Waals surface area contributed by atoms with Crippen molar-refractivity contribution in [1.82, 2.24) is 24.8 Å². The Hall–Kier alpha value is -3.16. The number of aromatic nitrogens is 5. The Morgan fingerprint density at radius 2 is 1.82 bits per heavy atom. The second-order valence-electron chi connectivity index (χ2n) is 11.7. The van der Waals surface area contributed by atoms with Crippen molar-refractivity contribution >= 4 is 11.7 Å². The molecule has 3 atom stereocenters. The lowest BCUT2D eigenvalue weighted by Crippen LogP contribution is -2.35. The van der Waals surface area contributed by atoms with E-state index >= 15 is 0 Å². The van der Waals surface area contributed by atoms with Gasteiger partial charge in [-0.3, -0.25) is 4.68 Å². The Balaban J connectivity index is 1.21. The molecule has 2 aliphatic carbocycles. The summed E-state index contributed by atoms with van der Waals surface area (Å²) in [5.74, 6) is 1.78. The van der Waals surface area contributed by atoms with Gasteiger partial charge < -0.3 is 9.64 Å². The van der Waals surface area contributed by atoms with Gasteiger partial charge in [0.05, 0.1) is 30.4 Å². The van der Waals surface area contributed by atoms with E-state index in [-0.39, 0.29) is 17.8 Å². The molecule has 0 bridgehead atoms. The van der Waals surface area contributed by atoms with Crippen LogP contribution in [-0.2, 0) is 11.8 Å². The molecule has 3 fully saturated rings. The molecule has 3 aliphatic rings. The molecule has 1 saturated heterocycles. The third-order valence-electron chi connectivity index (χ3n) is 9.02. The van der Waals surface area contributed by atoms with Gasteiger partial charge in [0.1, 0.15) is 5.56 Å². The van der Waals surface area contributed by atoms with Crippen LogP contribution in [0.4, 0.5) is 5.69 Å². The summed E-state index contributed by atoms with van der Waals surface area (Å²) < 4.78 is 8.79.